The van der Waals surface area contributed by atoms with Gasteiger partial charge in [-0.3, -0.25) is 0 Å². The molecule has 0 aliphatic carbocycles. The average molecular weight is 717 g/mol. The molecule has 0 aliphatic heterocycles. The van der Waals surface area contributed by atoms with Crippen molar-refractivity contribution in [1.29, 1.82) is 0 Å². The predicted molar refractivity (Wildman–Crippen MR) is 229 cm³/mol. The number of rotatable bonds is 6. The Morgan fingerprint density at radius 2 is 0.750 bits per heavy atom. The van der Waals surface area contributed by atoms with Crippen molar-refractivity contribution in [3.63, 3.8) is 0 Å². The van der Waals surface area contributed by atoms with Gasteiger partial charge in [-0.05, 0) is 70.8 Å². The average Bonchev–Trinajstić information content (AvgIpc) is 3.81. The molecular formula is C51H32N4O. The molecule has 0 saturated heterocycles. The van der Waals surface area contributed by atoms with Crippen LogP contribution in [0.25, 0.3) is 106 Å². The van der Waals surface area contributed by atoms with Gasteiger partial charge in [0, 0.05) is 43.9 Å². The van der Waals surface area contributed by atoms with E-state index in [1.165, 1.54) is 27.4 Å². The molecule has 56 heavy (non-hydrogen) atoms. The molecule has 5 nitrogen and oxygen atoms in total. The minimum absolute atomic E-state index is 0.596. The Morgan fingerprint density at radius 1 is 0.304 bits per heavy atom. The van der Waals surface area contributed by atoms with Gasteiger partial charge in [0.25, 0.3) is 0 Å². The van der Waals surface area contributed by atoms with Crippen molar-refractivity contribution in [2.75, 3.05) is 0 Å². The van der Waals surface area contributed by atoms with E-state index in [0.29, 0.717) is 17.5 Å². The van der Waals surface area contributed by atoms with Gasteiger partial charge in [-0.25, -0.2) is 15.0 Å². The molecule has 11 rings (SSSR count). The SMILES string of the molecule is c1ccc(-c2ccc3c4ccc(-c5ccc6oc7cc(-c8nc(-c9ccccc9)nc(-c9ccccc9)n8)ccc7c6c5)cc4n(-c4ccccc4)c3c2)cc1. The fourth-order valence-electron chi connectivity index (χ4n) is 7.90. The second-order valence-electron chi connectivity index (χ2n) is 14.1. The molecule has 262 valence electrons. The molecule has 0 atom stereocenters. The van der Waals surface area contributed by atoms with E-state index in [2.05, 4.69) is 132 Å². The zero-order chi connectivity index (χ0) is 37.0. The molecular weight excluding hydrogens is 685 g/mol. The number of nitrogens with zero attached hydrogens (tertiary/aromatic N) is 4. The van der Waals surface area contributed by atoms with Crippen LogP contribution in [0, 0.1) is 0 Å². The zero-order valence-electron chi connectivity index (χ0n) is 30.2. The molecule has 0 aliphatic rings. The Kier molecular flexibility index (Phi) is 7.42. The summed E-state index contributed by atoms with van der Waals surface area (Å²) in [7, 11) is 0. The van der Waals surface area contributed by atoms with Gasteiger partial charge in [0.05, 0.1) is 11.0 Å². The highest BCUT2D eigenvalue weighted by Crippen LogP contribution is 2.39. The molecule has 8 aromatic carbocycles. The molecule has 0 radical (unpaired) electrons. The van der Waals surface area contributed by atoms with E-state index < -0.39 is 0 Å². The molecule has 11 aromatic rings. The van der Waals surface area contributed by atoms with Gasteiger partial charge in [0.1, 0.15) is 11.2 Å². The number of aromatic nitrogens is 4. The van der Waals surface area contributed by atoms with Crippen LogP contribution in [0.3, 0.4) is 0 Å². The number of hydrogen-bond donors (Lipinski definition) is 0. The summed E-state index contributed by atoms with van der Waals surface area (Å²) in [5, 5.41) is 4.55. The third kappa shape index (κ3) is 5.45. The van der Waals surface area contributed by atoms with E-state index in [0.717, 1.165) is 61.0 Å². The van der Waals surface area contributed by atoms with Gasteiger partial charge in [0.15, 0.2) is 17.5 Å². The summed E-state index contributed by atoms with van der Waals surface area (Å²) >= 11 is 0. The molecule has 0 fully saturated rings. The number of furan rings is 1. The first-order valence-electron chi connectivity index (χ1n) is 18.8. The second kappa shape index (κ2) is 13.0. The van der Waals surface area contributed by atoms with Gasteiger partial charge in [-0.1, -0.05) is 146 Å². The van der Waals surface area contributed by atoms with Crippen molar-refractivity contribution >= 4 is 43.7 Å². The number of hydrogen-bond acceptors (Lipinski definition) is 4. The molecule has 0 amide bonds. The van der Waals surface area contributed by atoms with Crippen molar-refractivity contribution in [3.8, 4) is 62.1 Å². The van der Waals surface area contributed by atoms with Crippen molar-refractivity contribution in [2.24, 2.45) is 0 Å². The van der Waals surface area contributed by atoms with Crippen LogP contribution in [0.5, 0.6) is 0 Å². The van der Waals surface area contributed by atoms with Gasteiger partial charge in [-0.2, -0.15) is 0 Å². The van der Waals surface area contributed by atoms with E-state index in [4.69, 9.17) is 19.4 Å². The first-order chi connectivity index (χ1) is 27.7. The van der Waals surface area contributed by atoms with Crippen LogP contribution in [0.15, 0.2) is 199 Å². The van der Waals surface area contributed by atoms with Crippen LogP contribution in [-0.4, -0.2) is 19.5 Å². The Bertz CT molecular complexity index is 3170. The summed E-state index contributed by atoms with van der Waals surface area (Å²) < 4.78 is 8.89. The van der Waals surface area contributed by atoms with Crippen LogP contribution < -0.4 is 0 Å². The Morgan fingerprint density at radius 3 is 1.34 bits per heavy atom. The lowest BCUT2D eigenvalue weighted by Crippen LogP contribution is -2.00. The molecule has 5 heteroatoms. The minimum atomic E-state index is 0.596. The van der Waals surface area contributed by atoms with E-state index in [1.54, 1.807) is 0 Å². The maximum atomic E-state index is 6.49. The maximum Gasteiger partial charge on any atom is 0.164 e. The highest BCUT2D eigenvalue weighted by Gasteiger charge is 2.17. The molecule has 0 unspecified atom stereocenters. The third-order valence-electron chi connectivity index (χ3n) is 10.7. The second-order valence-corrected chi connectivity index (χ2v) is 14.1. The minimum Gasteiger partial charge on any atom is -0.456 e. The lowest BCUT2D eigenvalue weighted by molar-refractivity contribution is 0.669. The van der Waals surface area contributed by atoms with Crippen LogP contribution >= 0.6 is 0 Å². The fraction of sp³-hybridized carbons (Fsp3) is 0. The van der Waals surface area contributed by atoms with Crippen LogP contribution in [0.2, 0.25) is 0 Å². The summed E-state index contributed by atoms with van der Waals surface area (Å²) in [6, 6.07) is 67.7. The van der Waals surface area contributed by atoms with Gasteiger partial charge in [0.2, 0.25) is 0 Å². The normalized spacial score (nSPS) is 11.6. The molecule has 0 N–H and O–H groups in total. The van der Waals surface area contributed by atoms with Crippen molar-refractivity contribution < 1.29 is 4.42 Å². The highest BCUT2D eigenvalue weighted by atomic mass is 16.3. The van der Waals surface area contributed by atoms with Crippen LogP contribution in [-0.2, 0) is 0 Å². The first-order valence-corrected chi connectivity index (χ1v) is 18.8. The first kappa shape index (κ1) is 31.9. The highest BCUT2D eigenvalue weighted by molar-refractivity contribution is 6.12. The number of fused-ring (bicyclic) bond motifs is 6. The number of benzene rings is 8. The van der Waals surface area contributed by atoms with E-state index in [9.17, 15) is 0 Å². The summed E-state index contributed by atoms with van der Waals surface area (Å²) in [4.78, 5) is 14.7. The quantitative estimate of drug-likeness (QED) is 0.172. The fourth-order valence-corrected chi connectivity index (χ4v) is 7.90. The van der Waals surface area contributed by atoms with Crippen LogP contribution in [0.4, 0.5) is 0 Å². The third-order valence-corrected chi connectivity index (χ3v) is 10.7. The van der Waals surface area contributed by atoms with Gasteiger partial charge in [-0.15, -0.1) is 0 Å². The molecule has 0 spiro atoms. The Labute approximate surface area is 322 Å². The summed E-state index contributed by atoms with van der Waals surface area (Å²) in [6.45, 7) is 0. The van der Waals surface area contributed by atoms with Gasteiger partial charge < -0.3 is 8.98 Å². The Balaban J connectivity index is 1.02. The van der Waals surface area contributed by atoms with Gasteiger partial charge >= 0.3 is 0 Å². The zero-order valence-corrected chi connectivity index (χ0v) is 30.2. The Hall–Kier alpha value is -7.63. The lowest BCUT2D eigenvalue weighted by atomic mass is 10.00. The molecule has 3 heterocycles. The summed E-state index contributed by atoms with van der Waals surface area (Å²) in [5.74, 6) is 1.85. The maximum absolute atomic E-state index is 6.49. The van der Waals surface area contributed by atoms with Crippen molar-refractivity contribution in [1.82, 2.24) is 19.5 Å². The standard InChI is InChI=1S/C51H32N4O/c1-5-13-33(14-6-1)37-21-25-41-42-26-22-38(31-46(42)55(45(41)30-37)40-19-11-4-12-20-40)36-24-28-47-44(29-36)43-27-23-39(32-48(43)56-47)51-53-49(34-15-7-2-8-16-34)52-50(54-51)35-17-9-3-10-18-35/h1-32H. The monoisotopic (exact) mass is 716 g/mol. The van der Waals surface area contributed by atoms with Crippen LogP contribution in [0.1, 0.15) is 0 Å². The molecule has 0 bridgehead atoms. The number of para-hydroxylation sites is 1. The van der Waals surface area contributed by atoms with E-state index in [-0.39, 0.29) is 0 Å². The van der Waals surface area contributed by atoms with Crippen molar-refractivity contribution in [3.05, 3.63) is 194 Å². The summed E-state index contributed by atoms with van der Waals surface area (Å²) in [5.41, 5.74) is 12.5. The van der Waals surface area contributed by atoms with E-state index >= 15 is 0 Å². The lowest BCUT2D eigenvalue weighted by Gasteiger charge is -2.10. The summed E-state index contributed by atoms with van der Waals surface area (Å²) in [6.07, 6.45) is 0. The van der Waals surface area contributed by atoms with E-state index in [1.807, 2.05) is 66.7 Å². The molecule has 0 saturated carbocycles. The van der Waals surface area contributed by atoms with Crippen molar-refractivity contribution in [2.45, 2.75) is 0 Å². The molecule has 3 aromatic heterocycles. The topological polar surface area (TPSA) is 56.7 Å². The largest absolute Gasteiger partial charge is 0.456 e. The smallest absolute Gasteiger partial charge is 0.164 e. The predicted octanol–water partition coefficient (Wildman–Crippen LogP) is 13.2.